The van der Waals surface area contributed by atoms with Crippen LogP contribution >= 0.6 is 0 Å². The molecular formula is C18H27N5O2. The van der Waals surface area contributed by atoms with E-state index in [4.69, 9.17) is 0 Å². The molecule has 1 aromatic carbocycles. The van der Waals surface area contributed by atoms with Crippen LogP contribution in [0.4, 0.5) is 10.5 Å². The smallest absolute Gasteiger partial charge is 0.334 e. The minimum absolute atomic E-state index is 0.190. The lowest BCUT2D eigenvalue weighted by molar-refractivity contribution is -0.112. The Kier molecular flexibility index (Phi) is 6.14. The average Bonchev–Trinajstić information content (AvgIpc) is 2.84. The Labute approximate surface area is 149 Å². The molecule has 0 aromatic heterocycles. The highest BCUT2D eigenvalue weighted by Gasteiger charge is 2.34. The molecule has 0 radical (unpaired) electrons. The van der Waals surface area contributed by atoms with Gasteiger partial charge in [0.15, 0.2) is 5.71 Å². The number of carbonyl (C=O) groups excluding carboxylic acids is 2. The molecule has 0 saturated carbocycles. The molecule has 7 nitrogen and oxygen atoms in total. The standard InChI is InChI=1S/C18H27N5O2/c1-12(2)22(13(3)4)10-11-23-15-9-7-6-8-14(15)16(17(23)24)20-21-18(25)19-5/h6-9,12-13H,10-11H2,1-5H3,(H2,19,21,25)/b20-16+. The number of nitrogens with one attached hydrogen (secondary N) is 2. The molecule has 0 bridgehead atoms. The molecule has 7 heteroatoms. The quantitative estimate of drug-likeness (QED) is 0.772. The summed E-state index contributed by atoms with van der Waals surface area (Å²) in [6.45, 7) is 9.95. The van der Waals surface area contributed by atoms with Crippen molar-refractivity contribution in [3.8, 4) is 0 Å². The number of amides is 3. The number of rotatable bonds is 6. The summed E-state index contributed by atoms with van der Waals surface area (Å²) >= 11 is 0. The largest absolute Gasteiger partial charge is 0.340 e. The molecule has 0 spiro atoms. The van der Waals surface area contributed by atoms with Crippen molar-refractivity contribution in [2.24, 2.45) is 5.10 Å². The SMILES string of the molecule is CNC(=O)N/N=C1/C(=O)N(CCN(C(C)C)C(C)C)c2ccccc21. The molecule has 0 saturated heterocycles. The molecule has 2 N–H and O–H groups in total. The van der Waals surface area contributed by atoms with Gasteiger partial charge in [0.1, 0.15) is 0 Å². The molecule has 0 unspecified atom stereocenters. The second kappa shape index (κ2) is 8.11. The third-order valence-electron chi connectivity index (χ3n) is 4.30. The first kappa shape index (κ1) is 18.9. The van der Waals surface area contributed by atoms with Crippen molar-refractivity contribution in [3.63, 3.8) is 0 Å². The highest BCUT2D eigenvalue weighted by molar-refractivity contribution is 6.54. The number of para-hydroxylation sites is 1. The third kappa shape index (κ3) is 4.17. The number of hydrogen-bond donors (Lipinski definition) is 2. The van der Waals surface area contributed by atoms with Crippen LogP contribution in [0, 0.1) is 0 Å². The zero-order valence-electron chi connectivity index (χ0n) is 15.5. The number of anilines is 1. The Hall–Kier alpha value is -2.41. The molecule has 1 aromatic rings. The summed E-state index contributed by atoms with van der Waals surface area (Å²) in [5.74, 6) is -0.190. The Morgan fingerprint density at radius 2 is 1.84 bits per heavy atom. The van der Waals surface area contributed by atoms with E-state index in [1.165, 1.54) is 7.05 Å². The van der Waals surface area contributed by atoms with E-state index in [1.54, 1.807) is 4.90 Å². The molecule has 0 aliphatic carbocycles. The number of urea groups is 1. The van der Waals surface area contributed by atoms with Gasteiger partial charge in [0.05, 0.1) is 5.69 Å². The van der Waals surface area contributed by atoms with Crippen LogP contribution in [0.2, 0.25) is 0 Å². The maximum absolute atomic E-state index is 12.8. The molecule has 0 atom stereocenters. The van der Waals surface area contributed by atoms with E-state index in [2.05, 4.69) is 48.4 Å². The van der Waals surface area contributed by atoms with Crippen molar-refractivity contribution >= 4 is 23.3 Å². The van der Waals surface area contributed by atoms with Gasteiger partial charge in [-0.1, -0.05) is 18.2 Å². The number of fused-ring (bicyclic) bond motifs is 1. The zero-order chi connectivity index (χ0) is 18.6. The van der Waals surface area contributed by atoms with Gasteiger partial charge in [-0.2, -0.15) is 5.10 Å². The van der Waals surface area contributed by atoms with Gasteiger partial charge in [-0.3, -0.25) is 9.69 Å². The summed E-state index contributed by atoms with van der Waals surface area (Å²) in [6.07, 6.45) is 0. The Bertz CT molecular complexity index is 661. The maximum Gasteiger partial charge on any atom is 0.334 e. The van der Waals surface area contributed by atoms with E-state index in [1.807, 2.05) is 24.3 Å². The summed E-state index contributed by atoms with van der Waals surface area (Å²) in [5, 5.41) is 6.43. The minimum atomic E-state index is -0.456. The molecule has 1 aliphatic heterocycles. The molecule has 0 fully saturated rings. The van der Waals surface area contributed by atoms with Gasteiger partial charge in [0.2, 0.25) is 0 Å². The van der Waals surface area contributed by atoms with Crippen LogP contribution in [0.25, 0.3) is 0 Å². The third-order valence-corrected chi connectivity index (χ3v) is 4.30. The van der Waals surface area contributed by atoms with E-state index in [9.17, 15) is 9.59 Å². The Balaban J connectivity index is 2.23. The number of nitrogens with zero attached hydrogens (tertiary/aromatic N) is 3. The lowest BCUT2D eigenvalue weighted by atomic mass is 10.1. The van der Waals surface area contributed by atoms with Crippen molar-refractivity contribution in [1.82, 2.24) is 15.6 Å². The molecular weight excluding hydrogens is 318 g/mol. The molecule has 1 aliphatic rings. The van der Waals surface area contributed by atoms with Gasteiger partial charge in [0.25, 0.3) is 5.91 Å². The first-order chi connectivity index (χ1) is 11.9. The fourth-order valence-electron chi connectivity index (χ4n) is 3.08. The van der Waals surface area contributed by atoms with E-state index >= 15 is 0 Å². The van der Waals surface area contributed by atoms with Gasteiger partial charge >= 0.3 is 6.03 Å². The van der Waals surface area contributed by atoms with Crippen molar-refractivity contribution < 1.29 is 9.59 Å². The van der Waals surface area contributed by atoms with Crippen LogP contribution in [-0.4, -0.2) is 54.8 Å². The maximum atomic E-state index is 12.8. The second-order valence-electron chi connectivity index (χ2n) is 6.55. The number of hydrazone groups is 1. The predicted octanol–water partition coefficient (Wildman–Crippen LogP) is 1.79. The lowest BCUT2D eigenvalue weighted by Gasteiger charge is -2.32. The van der Waals surface area contributed by atoms with Crippen LogP contribution in [-0.2, 0) is 4.79 Å². The van der Waals surface area contributed by atoms with Crippen LogP contribution < -0.4 is 15.6 Å². The first-order valence-electron chi connectivity index (χ1n) is 8.59. The van der Waals surface area contributed by atoms with Gasteiger partial charge in [-0.05, 0) is 33.8 Å². The zero-order valence-corrected chi connectivity index (χ0v) is 15.5. The van der Waals surface area contributed by atoms with Crippen molar-refractivity contribution in [3.05, 3.63) is 29.8 Å². The first-order valence-corrected chi connectivity index (χ1v) is 8.59. The molecule has 136 valence electrons. The Morgan fingerprint density at radius 1 is 1.20 bits per heavy atom. The van der Waals surface area contributed by atoms with Gasteiger partial charge in [0, 0.05) is 37.8 Å². The van der Waals surface area contributed by atoms with Crippen molar-refractivity contribution in [2.45, 2.75) is 39.8 Å². The topological polar surface area (TPSA) is 77.0 Å². The average molecular weight is 345 g/mol. The molecule has 1 heterocycles. The molecule has 2 rings (SSSR count). The van der Waals surface area contributed by atoms with Crippen LogP contribution in [0.1, 0.15) is 33.3 Å². The normalized spacial score (nSPS) is 15.4. The van der Waals surface area contributed by atoms with E-state index in [-0.39, 0.29) is 11.6 Å². The summed E-state index contributed by atoms with van der Waals surface area (Å²) < 4.78 is 0. The van der Waals surface area contributed by atoms with E-state index in [0.29, 0.717) is 18.6 Å². The van der Waals surface area contributed by atoms with Crippen LogP contribution in [0.3, 0.4) is 0 Å². The van der Waals surface area contributed by atoms with Gasteiger partial charge < -0.3 is 10.2 Å². The number of carbonyl (C=O) groups is 2. The summed E-state index contributed by atoms with van der Waals surface area (Å²) in [4.78, 5) is 28.3. The van der Waals surface area contributed by atoms with E-state index < -0.39 is 6.03 Å². The highest BCUT2D eigenvalue weighted by atomic mass is 16.2. The monoisotopic (exact) mass is 345 g/mol. The Morgan fingerprint density at radius 3 is 2.44 bits per heavy atom. The minimum Gasteiger partial charge on any atom is -0.340 e. The second-order valence-corrected chi connectivity index (χ2v) is 6.55. The van der Waals surface area contributed by atoms with Crippen LogP contribution in [0.5, 0.6) is 0 Å². The lowest BCUT2D eigenvalue weighted by Crippen LogP contribution is -2.44. The fraction of sp³-hybridized carbons (Fsp3) is 0.500. The fourth-order valence-corrected chi connectivity index (χ4v) is 3.08. The van der Waals surface area contributed by atoms with Crippen molar-refractivity contribution in [1.29, 1.82) is 0 Å². The number of benzene rings is 1. The van der Waals surface area contributed by atoms with Crippen LogP contribution in [0.15, 0.2) is 29.4 Å². The molecule has 25 heavy (non-hydrogen) atoms. The summed E-state index contributed by atoms with van der Waals surface area (Å²) in [7, 11) is 1.50. The van der Waals surface area contributed by atoms with Gasteiger partial charge in [-0.25, -0.2) is 10.2 Å². The van der Waals surface area contributed by atoms with E-state index in [0.717, 1.165) is 17.8 Å². The highest BCUT2D eigenvalue weighted by Crippen LogP contribution is 2.28. The van der Waals surface area contributed by atoms with Crippen molar-refractivity contribution in [2.75, 3.05) is 25.0 Å². The summed E-state index contributed by atoms with van der Waals surface area (Å²) in [6, 6.07) is 7.86. The molecule has 3 amide bonds. The van der Waals surface area contributed by atoms with Gasteiger partial charge in [-0.15, -0.1) is 0 Å². The predicted molar refractivity (Wildman–Crippen MR) is 99.9 cm³/mol. The summed E-state index contributed by atoms with van der Waals surface area (Å²) in [5.41, 5.74) is 4.18. The number of hydrogen-bond acceptors (Lipinski definition) is 4.